The zero-order valence-electron chi connectivity index (χ0n) is 13.1. The minimum Gasteiger partial charge on any atom is -0.352 e. The van der Waals surface area contributed by atoms with Crippen LogP contribution in [-0.2, 0) is 10.5 Å². The van der Waals surface area contributed by atoms with Gasteiger partial charge in [-0.2, -0.15) is 0 Å². The zero-order valence-corrected chi connectivity index (χ0v) is 14.6. The zero-order chi connectivity index (χ0) is 16.1. The highest BCUT2D eigenvalue weighted by Gasteiger charge is 2.27. The molecule has 5 heteroatoms. The van der Waals surface area contributed by atoms with Gasteiger partial charge in [-0.15, -0.1) is 11.8 Å². The van der Waals surface area contributed by atoms with Crippen molar-refractivity contribution in [3.63, 3.8) is 0 Å². The summed E-state index contributed by atoms with van der Waals surface area (Å²) in [5, 5.41) is 3.58. The fourth-order valence-corrected chi connectivity index (χ4v) is 4.08. The second kappa shape index (κ2) is 8.21. The lowest BCUT2D eigenvalue weighted by molar-refractivity contribution is -0.119. The molecular weight excluding hydrogens is 321 g/mol. The third-order valence-electron chi connectivity index (χ3n) is 4.56. The maximum absolute atomic E-state index is 13.0. The fraction of sp³-hybridized carbons (Fsp3) is 0.588. The van der Waals surface area contributed by atoms with E-state index >= 15 is 0 Å². The summed E-state index contributed by atoms with van der Waals surface area (Å²) in [6.45, 7) is 4.48. The average molecular weight is 344 g/mol. The van der Waals surface area contributed by atoms with Gasteiger partial charge in [0.15, 0.2) is 0 Å². The largest absolute Gasteiger partial charge is 0.352 e. The SMILES string of the molecule is CC1CCCC(NC(=O)CSCc2ccc(F)cc2Cl)C1C. The van der Waals surface area contributed by atoms with Gasteiger partial charge in [0.05, 0.1) is 5.75 Å². The van der Waals surface area contributed by atoms with E-state index in [1.54, 1.807) is 6.07 Å². The molecule has 1 aliphatic rings. The molecule has 1 aromatic rings. The monoisotopic (exact) mass is 343 g/mol. The maximum atomic E-state index is 13.0. The quantitative estimate of drug-likeness (QED) is 0.842. The molecule has 0 aliphatic heterocycles. The normalized spacial score (nSPS) is 25.0. The van der Waals surface area contributed by atoms with Crippen molar-refractivity contribution in [1.29, 1.82) is 0 Å². The molecule has 22 heavy (non-hydrogen) atoms. The van der Waals surface area contributed by atoms with E-state index < -0.39 is 0 Å². The van der Waals surface area contributed by atoms with Crippen LogP contribution >= 0.6 is 23.4 Å². The molecule has 1 amide bonds. The van der Waals surface area contributed by atoms with Crippen LogP contribution in [0.15, 0.2) is 18.2 Å². The van der Waals surface area contributed by atoms with Gasteiger partial charge in [0.25, 0.3) is 0 Å². The molecule has 1 aromatic carbocycles. The van der Waals surface area contributed by atoms with Gasteiger partial charge in [-0.25, -0.2) is 4.39 Å². The molecule has 2 nitrogen and oxygen atoms in total. The van der Waals surface area contributed by atoms with Crippen LogP contribution in [0, 0.1) is 17.7 Å². The predicted molar refractivity (Wildman–Crippen MR) is 91.7 cm³/mol. The van der Waals surface area contributed by atoms with E-state index in [0.29, 0.717) is 34.4 Å². The molecule has 1 fully saturated rings. The highest BCUT2D eigenvalue weighted by Crippen LogP contribution is 2.29. The highest BCUT2D eigenvalue weighted by atomic mass is 35.5. The van der Waals surface area contributed by atoms with E-state index in [9.17, 15) is 9.18 Å². The van der Waals surface area contributed by atoms with Gasteiger partial charge in [0, 0.05) is 16.8 Å². The first kappa shape index (κ1) is 17.6. The number of thioether (sulfide) groups is 1. The topological polar surface area (TPSA) is 29.1 Å². The van der Waals surface area contributed by atoms with Crippen molar-refractivity contribution in [2.24, 2.45) is 11.8 Å². The Morgan fingerprint density at radius 1 is 1.41 bits per heavy atom. The first-order chi connectivity index (χ1) is 10.5. The van der Waals surface area contributed by atoms with Crippen LogP contribution in [-0.4, -0.2) is 17.7 Å². The van der Waals surface area contributed by atoms with E-state index in [2.05, 4.69) is 19.2 Å². The van der Waals surface area contributed by atoms with Crippen molar-refractivity contribution in [2.75, 3.05) is 5.75 Å². The molecular formula is C17H23ClFNOS. The van der Waals surface area contributed by atoms with Crippen LogP contribution in [0.25, 0.3) is 0 Å². The molecule has 1 N–H and O–H groups in total. The molecule has 2 rings (SSSR count). The van der Waals surface area contributed by atoms with E-state index in [1.165, 1.54) is 36.7 Å². The molecule has 0 aromatic heterocycles. The summed E-state index contributed by atoms with van der Waals surface area (Å²) < 4.78 is 13.0. The van der Waals surface area contributed by atoms with Crippen molar-refractivity contribution in [3.8, 4) is 0 Å². The molecule has 122 valence electrons. The van der Waals surface area contributed by atoms with Gasteiger partial charge in [-0.05, 0) is 36.0 Å². The van der Waals surface area contributed by atoms with Crippen molar-refractivity contribution in [2.45, 2.75) is 44.9 Å². The number of amides is 1. The third kappa shape index (κ3) is 4.88. The summed E-state index contributed by atoms with van der Waals surface area (Å²) >= 11 is 7.49. The van der Waals surface area contributed by atoms with Gasteiger partial charge in [0.2, 0.25) is 5.91 Å². The summed E-state index contributed by atoms with van der Waals surface area (Å²) in [5.41, 5.74) is 0.862. The average Bonchev–Trinajstić information content (AvgIpc) is 2.46. The van der Waals surface area contributed by atoms with E-state index in [0.717, 1.165) is 12.0 Å². The lowest BCUT2D eigenvalue weighted by Crippen LogP contribution is -2.44. The van der Waals surface area contributed by atoms with E-state index in [4.69, 9.17) is 11.6 Å². The highest BCUT2D eigenvalue weighted by molar-refractivity contribution is 7.99. The van der Waals surface area contributed by atoms with Gasteiger partial charge < -0.3 is 5.32 Å². The lowest BCUT2D eigenvalue weighted by Gasteiger charge is -2.34. The molecule has 3 atom stereocenters. The summed E-state index contributed by atoms with van der Waals surface area (Å²) in [6, 6.07) is 4.68. The van der Waals surface area contributed by atoms with Gasteiger partial charge in [-0.3, -0.25) is 4.79 Å². The summed E-state index contributed by atoms with van der Waals surface area (Å²) in [5.74, 6) is 1.97. The number of hydrogen-bond acceptors (Lipinski definition) is 2. The minimum atomic E-state index is -0.336. The Labute approximate surface area is 141 Å². The molecule has 0 bridgehead atoms. The van der Waals surface area contributed by atoms with E-state index in [1.807, 2.05) is 0 Å². The first-order valence-corrected chi connectivity index (χ1v) is 9.31. The molecule has 3 unspecified atom stereocenters. The van der Waals surface area contributed by atoms with Gasteiger partial charge >= 0.3 is 0 Å². The molecule has 1 saturated carbocycles. The molecule has 0 heterocycles. The number of benzene rings is 1. The van der Waals surface area contributed by atoms with Crippen molar-refractivity contribution < 1.29 is 9.18 Å². The van der Waals surface area contributed by atoms with Gasteiger partial charge in [-0.1, -0.05) is 44.4 Å². The Kier molecular flexibility index (Phi) is 6.57. The predicted octanol–water partition coefficient (Wildman–Crippen LogP) is 4.65. The van der Waals surface area contributed by atoms with Crippen LogP contribution in [0.3, 0.4) is 0 Å². The molecule has 1 aliphatic carbocycles. The van der Waals surface area contributed by atoms with Crippen molar-refractivity contribution in [3.05, 3.63) is 34.6 Å². The van der Waals surface area contributed by atoms with Gasteiger partial charge in [0.1, 0.15) is 5.82 Å². The summed E-state index contributed by atoms with van der Waals surface area (Å²) in [4.78, 5) is 12.1. The Balaban J connectivity index is 1.76. The molecule has 0 spiro atoms. The Morgan fingerprint density at radius 3 is 2.91 bits per heavy atom. The minimum absolute atomic E-state index is 0.0779. The number of rotatable bonds is 5. The van der Waals surface area contributed by atoms with Crippen LogP contribution in [0.5, 0.6) is 0 Å². The number of hydrogen-bond donors (Lipinski definition) is 1. The maximum Gasteiger partial charge on any atom is 0.230 e. The Morgan fingerprint density at radius 2 is 2.18 bits per heavy atom. The standard InChI is InChI=1S/C17H23ClFNOS/c1-11-4-3-5-16(12(11)2)20-17(21)10-22-9-13-6-7-14(19)8-15(13)18/h6-8,11-12,16H,3-5,9-10H2,1-2H3,(H,20,21). The first-order valence-electron chi connectivity index (χ1n) is 7.78. The number of carbonyl (C=O) groups is 1. The van der Waals surface area contributed by atoms with Crippen LogP contribution in [0.2, 0.25) is 5.02 Å². The summed E-state index contributed by atoms with van der Waals surface area (Å²) in [6.07, 6.45) is 3.52. The summed E-state index contributed by atoms with van der Waals surface area (Å²) in [7, 11) is 0. The Hall–Kier alpha value is -0.740. The third-order valence-corrected chi connectivity index (χ3v) is 5.89. The van der Waals surface area contributed by atoms with Crippen LogP contribution < -0.4 is 5.32 Å². The Bertz CT molecular complexity index is 525. The van der Waals surface area contributed by atoms with Crippen molar-refractivity contribution >= 4 is 29.3 Å². The second-order valence-electron chi connectivity index (χ2n) is 6.17. The lowest BCUT2D eigenvalue weighted by atomic mass is 9.78. The smallest absolute Gasteiger partial charge is 0.230 e. The van der Waals surface area contributed by atoms with E-state index in [-0.39, 0.29) is 11.7 Å². The van der Waals surface area contributed by atoms with Crippen LogP contribution in [0.1, 0.15) is 38.7 Å². The van der Waals surface area contributed by atoms with Crippen LogP contribution in [0.4, 0.5) is 4.39 Å². The number of nitrogens with one attached hydrogen (secondary N) is 1. The van der Waals surface area contributed by atoms with Crippen molar-refractivity contribution in [1.82, 2.24) is 5.32 Å². The number of carbonyl (C=O) groups excluding carboxylic acids is 1. The second-order valence-corrected chi connectivity index (χ2v) is 7.56. The fourth-order valence-electron chi connectivity index (χ4n) is 2.93. The number of halogens is 2. The molecule has 0 saturated heterocycles. The molecule has 0 radical (unpaired) electrons.